The van der Waals surface area contributed by atoms with Gasteiger partial charge in [0.2, 0.25) is 0 Å². The summed E-state index contributed by atoms with van der Waals surface area (Å²) in [5.41, 5.74) is 3.81. The van der Waals surface area contributed by atoms with E-state index >= 15 is 0 Å². The number of phenolic OH excluding ortho intramolecular Hbond substituents is 2. The molecule has 4 N–H and O–H groups in total. The number of nitrogens with zero attached hydrogens (tertiary/aromatic N) is 1. The van der Waals surface area contributed by atoms with E-state index < -0.39 is 6.10 Å². The Bertz CT molecular complexity index is 1010. The van der Waals surface area contributed by atoms with Gasteiger partial charge in [0, 0.05) is 29.6 Å². The molecule has 0 spiro atoms. The second-order valence-electron chi connectivity index (χ2n) is 7.44. The van der Waals surface area contributed by atoms with Gasteiger partial charge < -0.3 is 29.9 Å². The van der Waals surface area contributed by atoms with Crippen molar-refractivity contribution in [2.24, 2.45) is 0 Å². The van der Waals surface area contributed by atoms with Crippen LogP contribution in [0.3, 0.4) is 0 Å². The molecule has 0 saturated heterocycles. The Morgan fingerprint density at radius 3 is 2.59 bits per heavy atom. The van der Waals surface area contributed by atoms with E-state index in [-0.39, 0.29) is 31.3 Å². The highest BCUT2D eigenvalue weighted by Gasteiger charge is 2.19. The first-order valence-electron chi connectivity index (χ1n) is 10.6. The van der Waals surface area contributed by atoms with E-state index in [0.717, 1.165) is 22.3 Å². The molecule has 7 nitrogen and oxygen atoms in total. The van der Waals surface area contributed by atoms with Crippen LogP contribution in [-0.2, 0) is 24.2 Å². The molecule has 0 bridgehead atoms. The summed E-state index contributed by atoms with van der Waals surface area (Å²) in [7, 11) is 0. The van der Waals surface area contributed by atoms with E-state index in [1.54, 1.807) is 12.4 Å². The summed E-state index contributed by atoms with van der Waals surface area (Å²) < 4.78 is 11.4. The fourth-order valence-electron chi connectivity index (χ4n) is 3.58. The molecule has 0 radical (unpaired) electrons. The van der Waals surface area contributed by atoms with Crippen LogP contribution in [0.25, 0.3) is 11.1 Å². The maximum atomic E-state index is 10.7. The molecular formula is C25H29NO6. The summed E-state index contributed by atoms with van der Waals surface area (Å²) in [4.78, 5) is 4.09. The average Bonchev–Trinajstić information content (AvgIpc) is 2.81. The Balaban J connectivity index is 1.87. The third-order valence-electron chi connectivity index (χ3n) is 5.13. The van der Waals surface area contributed by atoms with Crippen molar-refractivity contribution in [2.75, 3.05) is 19.8 Å². The minimum Gasteiger partial charge on any atom is -0.508 e. The molecule has 1 aromatic heterocycles. The first-order chi connectivity index (χ1) is 15.5. The standard InChI is InChI=1S/C25H29NO6/c1-2-21-22(8-10-31-16-19(28)14-27)25(24(30)12-23(21)29)18-6-3-7-20(11-18)32-15-17-5-4-9-26-13-17/h3-7,9,11-13,19,27-30H,2,8,10,14-16H2,1H3. The molecule has 7 heteroatoms. The van der Waals surface area contributed by atoms with Crippen LogP contribution in [0.15, 0.2) is 54.9 Å². The van der Waals surface area contributed by atoms with Gasteiger partial charge in [-0.3, -0.25) is 4.98 Å². The number of aromatic hydroxyl groups is 2. The van der Waals surface area contributed by atoms with Crippen LogP contribution in [0.4, 0.5) is 0 Å². The molecular weight excluding hydrogens is 410 g/mol. The number of benzene rings is 2. The first kappa shape index (κ1) is 23.5. The lowest BCUT2D eigenvalue weighted by molar-refractivity contribution is 0.00720. The number of ether oxygens (including phenoxy) is 2. The molecule has 0 saturated carbocycles. The molecule has 1 atom stereocenters. The quantitative estimate of drug-likeness (QED) is 0.339. The lowest BCUT2D eigenvalue weighted by atomic mass is 9.90. The molecule has 0 amide bonds. The fraction of sp³-hybridized carbons (Fsp3) is 0.320. The van der Waals surface area contributed by atoms with Crippen LogP contribution >= 0.6 is 0 Å². The van der Waals surface area contributed by atoms with Gasteiger partial charge in [0.05, 0.1) is 19.8 Å². The number of pyridine rings is 1. The molecule has 0 fully saturated rings. The zero-order chi connectivity index (χ0) is 22.9. The molecule has 0 aliphatic heterocycles. The molecule has 1 unspecified atom stereocenters. The number of hydrogen-bond acceptors (Lipinski definition) is 7. The van der Waals surface area contributed by atoms with Crippen molar-refractivity contribution in [3.63, 3.8) is 0 Å². The molecule has 32 heavy (non-hydrogen) atoms. The van der Waals surface area contributed by atoms with Crippen molar-refractivity contribution in [1.29, 1.82) is 0 Å². The maximum absolute atomic E-state index is 10.7. The Labute approximate surface area is 187 Å². The van der Waals surface area contributed by atoms with Crippen molar-refractivity contribution in [3.05, 3.63) is 71.5 Å². The molecule has 170 valence electrons. The second kappa shape index (κ2) is 11.5. The van der Waals surface area contributed by atoms with Gasteiger partial charge in [-0.05, 0) is 47.7 Å². The van der Waals surface area contributed by atoms with E-state index in [1.807, 2.05) is 43.3 Å². The molecule has 1 heterocycles. The first-order valence-corrected chi connectivity index (χ1v) is 10.6. The third kappa shape index (κ3) is 5.97. The number of phenols is 2. The molecule has 3 rings (SSSR count). The van der Waals surface area contributed by atoms with Gasteiger partial charge >= 0.3 is 0 Å². The van der Waals surface area contributed by atoms with Gasteiger partial charge in [0.15, 0.2) is 0 Å². The van der Waals surface area contributed by atoms with Crippen LogP contribution in [0, 0.1) is 0 Å². The third-order valence-corrected chi connectivity index (χ3v) is 5.13. The Morgan fingerprint density at radius 1 is 1.03 bits per heavy atom. The zero-order valence-electron chi connectivity index (χ0n) is 18.1. The van der Waals surface area contributed by atoms with Gasteiger partial charge in [0.1, 0.15) is 30.0 Å². The lowest BCUT2D eigenvalue weighted by Crippen LogP contribution is -2.20. The van der Waals surface area contributed by atoms with Gasteiger partial charge in [-0.15, -0.1) is 0 Å². The van der Waals surface area contributed by atoms with Crippen molar-refractivity contribution in [2.45, 2.75) is 32.5 Å². The second-order valence-corrected chi connectivity index (χ2v) is 7.44. The Kier molecular flexibility index (Phi) is 8.44. The van der Waals surface area contributed by atoms with Gasteiger partial charge in [-0.2, -0.15) is 0 Å². The molecule has 0 aliphatic carbocycles. The van der Waals surface area contributed by atoms with Gasteiger partial charge in [-0.1, -0.05) is 25.1 Å². The van der Waals surface area contributed by atoms with Crippen LogP contribution < -0.4 is 4.74 Å². The highest BCUT2D eigenvalue weighted by atomic mass is 16.5. The van der Waals surface area contributed by atoms with Crippen LogP contribution in [0.2, 0.25) is 0 Å². The van der Waals surface area contributed by atoms with E-state index in [4.69, 9.17) is 14.6 Å². The number of aromatic nitrogens is 1. The maximum Gasteiger partial charge on any atom is 0.127 e. The highest BCUT2D eigenvalue weighted by Crippen LogP contribution is 2.41. The number of aliphatic hydroxyl groups excluding tert-OH is 2. The predicted molar refractivity (Wildman–Crippen MR) is 121 cm³/mol. The van der Waals surface area contributed by atoms with Gasteiger partial charge in [0.25, 0.3) is 0 Å². The van der Waals surface area contributed by atoms with Crippen molar-refractivity contribution in [1.82, 2.24) is 4.98 Å². The zero-order valence-corrected chi connectivity index (χ0v) is 18.1. The largest absolute Gasteiger partial charge is 0.508 e. The van der Waals surface area contributed by atoms with E-state index in [2.05, 4.69) is 4.98 Å². The summed E-state index contributed by atoms with van der Waals surface area (Å²) in [5.74, 6) is 0.641. The fourth-order valence-corrected chi connectivity index (χ4v) is 3.58. The number of aliphatic hydroxyl groups is 2. The summed E-state index contributed by atoms with van der Waals surface area (Å²) in [6.45, 7) is 2.20. The van der Waals surface area contributed by atoms with E-state index in [9.17, 15) is 15.3 Å². The van der Waals surface area contributed by atoms with E-state index in [1.165, 1.54) is 6.07 Å². The number of rotatable bonds is 11. The predicted octanol–water partition coefficient (Wildman–Crippen LogP) is 3.21. The Hall–Kier alpha value is -3.13. The highest BCUT2D eigenvalue weighted by molar-refractivity contribution is 5.77. The SMILES string of the molecule is CCc1c(O)cc(O)c(-c2cccc(OCc3cccnc3)c2)c1CCOCC(O)CO. The summed E-state index contributed by atoms with van der Waals surface area (Å²) in [5, 5.41) is 39.5. The van der Waals surface area contributed by atoms with Crippen molar-refractivity contribution >= 4 is 0 Å². The summed E-state index contributed by atoms with van der Waals surface area (Å²) >= 11 is 0. The topological polar surface area (TPSA) is 112 Å². The summed E-state index contributed by atoms with van der Waals surface area (Å²) in [6, 6.07) is 12.6. The molecule has 2 aromatic carbocycles. The molecule has 0 aliphatic rings. The monoisotopic (exact) mass is 439 g/mol. The summed E-state index contributed by atoms with van der Waals surface area (Å²) in [6.07, 6.45) is 3.50. The van der Waals surface area contributed by atoms with Crippen molar-refractivity contribution < 1.29 is 29.9 Å². The van der Waals surface area contributed by atoms with Crippen LogP contribution in [-0.4, -0.2) is 51.3 Å². The Morgan fingerprint density at radius 2 is 1.88 bits per heavy atom. The minimum absolute atomic E-state index is 0.00968. The van der Waals surface area contributed by atoms with Crippen molar-refractivity contribution in [3.8, 4) is 28.4 Å². The number of hydrogen-bond donors (Lipinski definition) is 4. The minimum atomic E-state index is -0.939. The van der Waals surface area contributed by atoms with Crippen LogP contribution in [0.5, 0.6) is 17.2 Å². The van der Waals surface area contributed by atoms with Crippen LogP contribution in [0.1, 0.15) is 23.6 Å². The average molecular weight is 440 g/mol. The van der Waals surface area contributed by atoms with Gasteiger partial charge in [-0.25, -0.2) is 0 Å². The molecule has 3 aromatic rings. The normalized spacial score (nSPS) is 12.0. The lowest BCUT2D eigenvalue weighted by Gasteiger charge is -2.19. The smallest absolute Gasteiger partial charge is 0.127 e. The van der Waals surface area contributed by atoms with E-state index in [0.29, 0.717) is 30.8 Å².